The van der Waals surface area contributed by atoms with Crippen LogP contribution in [-0.2, 0) is 6.42 Å². The van der Waals surface area contributed by atoms with Crippen molar-refractivity contribution in [3.63, 3.8) is 0 Å². The summed E-state index contributed by atoms with van der Waals surface area (Å²) in [7, 11) is 3.77. The minimum Gasteiger partial charge on any atom is -0.378 e. The third-order valence-electron chi connectivity index (χ3n) is 3.34. The van der Waals surface area contributed by atoms with Crippen molar-refractivity contribution in [1.82, 2.24) is 0 Å². The minimum absolute atomic E-state index is 0.402. The SMILES string of the molecule is CN(C)c1ccc(/C=C/Cc2c(F)c(F)c(F)c(F)c2F)cc1. The van der Waals surface area contributed by atoms with Crippen molar-refractivity contribution in [3.05, 3.63) is 70.6 Å². The van der Waals surface area contributed by atoms with E-state index in [1.807, 2.05) is 31.1 Å². The molecule has 0 bridgehead atoms. The predicted octanol–water partition coefficient (Wildman–Crippen LogP) is 4.70. The fraction of sp³-hybridized carbons (Fsp3) is 0.176. The van der Waals surface area contributed by atoms with Gasteiger partial charge in [-0.1, -0.05) is 24.3 Å². The molecule has 0 atom stereocenters. The topological polar surface area (TPSA) is 3.24 Å². The van der Waals surface area contributed by atoms with Crippen molar-refractivity contribution in [2.75, 3.05) is 19.0 Å². The third kappa shape index (κ3) is 3.52. The van der Waals surface area contributed by atoms with Gasteiger partial charge in [0.15, 0.2) is 23.3 Å². The Hall–Kier alpha value is -2.37. The van der Waals surface area contributed by atoms with Crippen LogP contribution in [0.15, 0.2) is 30.3 Å². The van der Waals surface area contributed by atoms with Gasteiger partial charge in [-0.05, 0) is 24.1 Å². The molecule has 6 heteroatoms. The van der Waals surface area contributed by atoms with E-state index in [9.17, 15) is 22.0 Å². The standard InChI is InChI=1S/C17H14F5N/c1-23(2)11-8-6-10(7-9-11)4-3-5-12-13(18)15(20)17(22)16(21)14(12)19/h3-4,6-9H,5H2,1-2H3/b4-3+. The number of nitrogens with zero attached hydrogens (tertiary/aromatic N) is 1. The molecule has 0 radical (unpaired) electrons. The first-order valence-electron chi connectivity index (χ1n) is 6.77. The Balaban J connectivity index is 2.21. The van der Waals surface area contributed by atoms with Gasteiger partial charge in [0.2, 0.25) is 5.82 Å². The van der Waals surface area contributed by atoms with Crippen LogP contribution in [0, 0.1) is 29.1 Å². The van der Waals surface area contributed by atoms with Gasteiger partial charge in [0.1, 0.15) is 0 Å². The molecule has 0 saturated heterocycles. The Bertz CT molecular complexity index is 707. The van der Waals surface area contributed by atoms with Crippen LogP contribution in [0.3, 0.4) is 0 Å². The van der Waals surface area contributed by atoms with Crippen LogP contribution in [0.2, 0.25) is 0 Å². The maximum absolute atomic E-state index is 13.5. The fourth-order valence-corrected chi connectivity index (χ4v) is 2.03. The summed E-state index contributed by atoms with van der Waals surface area (Å²) in [5.41, 5.74) is 0.879. The van der Waals surface area contributed by atoms with Crippen molar-refractivity contribution >= 4 is 11.8 Å². The maximum Gasteiger partial charge on any atom is 0.200 e. The van der Waals surface area contributed by atoms with Crippen molar-refractivity contribution in [3.8, 4) is 0 Å². The first kappa shape index (κ1) is 17.0. The molecule has 0 spiro atoms. The van der Waals surface area contributed by atoms with Crippen molar-refractivity contribution in [2.45, 2.75) is 6.42 Å². The van der Waals surface area contributed by atoms with E-state index in [2.05, 4.69) is 0 Å². The molecule has 23 heavy (non-hydrogen) atoms. The zero-order valence-corrected chi connectivity index (χ0v) is 12.5. The highest BCUT2D eigenvalue weighted by Crippen LogP contribution is 2.24. The molecule has 0 N–H and O–H groups in total. The van der Waals surface area contributed by atoms with E-state index in [1.165, 1.54) is 6.08 Å². The van der Waals surface area contributed by atoms with Gasteiger partial charge in [0.25, 0.3) is 0 Å². The molecule has 0 heterocycles. The Morgan fingerprint density at radius 1 is 0.783 bits per heavy atom. The van der Waals surface area contributed by atoms with Crippen LogP contribution in [0.5, 0.6) is 0 Å². The largest absolute Gasteiger partial charge is 0.378 e. The van der Waals surface area contributed by atoms with E-state index in [0.717, 1.165) is 11.3 Å². The Morgan fingerprint density at radius 2 is 1.26 bits per heavy atom. The zero-order valence-electron chi connectivity index (χ0n) is 12.5. The Kier molecular flexibility index (Phi) is 5.03. The average molecular weight is 327 g/mol. The lowest BCUT2D eigenvalue weighted by atomic mass is 10.1. The molecule has 1 nitrogen and oxygen atoms in total. The molecule has 2 rings (SSSR count). The Labute approximate surface area is 130 Å². The van der Waals surface area contributed by atoms with Gasteiger partial charge in [0.05, 0.1) is 0 Å². The highest BCUT2D eigenvalue weighted by Gasteiger charge is 2.24. The molecule has 0 aliphatic carbocycles. The van der Waals surface area contributed by atoms with Gasteiger partial charge in [-0.15, -0.1) is 0 Å². The molecule has 2 aromatic carbocycles. The molecule has 0 unspecified atom stereocenters. The summed E-state index contributed by atoms with van der Waals surface area (Å²) in [5, 5.41) is 0. The van der Waals surface area contributed by atoms with E-state index in [1.54, 1.807) is 18.2 Å². The second kappa shape index (κ2) is 6.81. The highest BCUT2D eigenvalue weighted by atomic mass is 19.2. The lowest BCUT2D eigenvalue weighted by molar-refractivity contribution is 0.371. The molecule has 0 amide bonds. The van der Waals surface area contributed by atoms with Gasteiger partial charge in [-0.3, -0.25) is 0 Å². The number of anilines is 1. The molecular weight excluding hydrogens is 313 g/mol. The van der Waals surface area contributed by atoms with E-state index < -0.39 is 41.1 Å². The first-order valence-corrected chi connectivity index (χ1v) is 6.77. The van der Waals surface area contributed by atoms with Gasteiger partial charge in [0, 0.05) is 25.3 Å². The number of benzene rings is 2. The lowest BCUT2D eigenvalue weighted by Gasteiger charge is -2.11. The molecule has 2 aromatic rings. The van der Waals surface area contributed by atoms with Crippen molar-refractivity contribution in [1.29, 1.82) is 0 Å². The van der Waals surface area contributed by atoms with Crippen molar-refractivity contribution in [2.24, 2.45) is 0 Å². The second-order valence-electron chi connectivity index (χ2n) is 5.14. The summed E-state index contributed by atoms with van der Waals surface area (Å²) >= 11 is 0. The second-order valence-corrected chi connectivity index (χ2v) is 5.14. The minimum atomic E-state index is -2.15. The van der Waals surface area contributed by atoms with Gasteiger partial charge < -0.3 is 4.90 Å². The molecule has 0 aromatic heterocycles. The van der Waals surface area contributed by atoms with Crippen LogP contribution >= 0.6 is 0 Å². The summed E-state index contributed by atoms with van der Waals surface area (Å²) < 4.78 is 66.1. The van der Waals surface area contributed by atoms with E-state index in [-0.39, 0.29) is 0 Å². The van der Waals surface area contributed by atoms with Crippen LogP contribution in [-0.4, -0.2) is 14.1 Å². The smallest absolute Gasteiger partial charge is 0.200 e. The van der Waals surface area contributed by atoms with Gasteiger partial charge in [-0.2, -0.15) is 0 Å². The van der Waals surface area contributed by atoms with Crippen LogP contribution in [0.4, 0.5) is 27.6 Å². The summed E-state index contributed by atoms with van der Waals surface area (Å²) in [6, 6.07) is 7.25. The normalized spacial score (nSPS) is 11.3. The summed E-state index contributed by atoms with van der Waals surface area (Å²) in [4.78, 5) is 1.91. The van der Waals surface area contributed by atoms with E-state index in [4.69, 9.17) is 0 Å². The predicted molar refractivity (Wildman–Crippen MR) is 79.7 cm³/mol. The highest BCUT2D eigenvalue weighted by molar-refractivity contribution is 5.55. The van der Waals surface area contributed by atoms with E-state index in [0.29, 0.717) is 0 Å². The van der Waals surface area contributed by atoms with Crippen LogP contribution in [0.25, 0.3) is 6.08 Å². The molecular formula is C17H14F5N. The number of hydrogen-bond donors (Lipinski definition) is 0. The molecule has 0 fully saturated rings. The molecule has 122 valence electrons. The zero-order chi connectivity index (χ0) is 17.1. The average Bonchev–Trinajstić information content (AvgIpc) is 2.54. The number of hydrogen-bond acceptors (Lipinski definition) is 1. The first-order chi connectivity index (χ1) is 10.8. The van der Waals surface area contributed by atoms with E-state index >= 15 is 0 Å². The maximum atomic E-state index is 13.5. The lowest BCUT2D eigenvalue weighted by Crippen LogP contribution is -2.07. The number of rotatable bonds is 4. The quantitative estimate of drug-likeness (QED) is 0.447. The van der Waals surface area contributed by atoms with Gasteiger partial charge >= 0.3 is 0 Å². The monoisotopic (exact) mass is 327 g/mol. The molecule has 0 aliphatic rings. The Morgan fingerprint density at radius 3 is 1.74 bits per heavy atom. The summed E-state index contributed by atoms with van der Waals surface area (Å²) in [6.45, 7) is 0. The molecule has 0 aliphatic heterocycles. The number of allylic oxidation sites excluding steroid dienone is 1. The number of halogens is 5. The summed E-state index contributed by atoms with van der Waals surface area (Å²) in [6.07, 6.45) is 2.50. The molecule has 0 saturated carbocycles. The van der Waals surface area contributed by atoms with Gasteiger partial charge in [-0.25, -0.2) is 22.0 Å². The van der Waals surface area contributed by atoms with Crippen LogP contribution in [0.1, 0.15) is 11.1 Å². The van der Waals surface area contributed by atoms with Crippen molar-refractivity contribution < 1.29 is 22.0 Å². The summed E-state index contributed by atoms with van der Waals surface area (Å²) in [5.74, 6) is -9.60. The fourth-order valence-electron chi connectivity index (χ4n) is 2.03. The van der Waals surface area contributed by atoms with Crippen LogP contribution < -0.4 is 4.90 Å². The third-order valence-corrected chi connectivity index (χ3v) is 3.34.